The maximum Gasteiger partial charge on any atom is 0.406 e. The number of alkyl halides is 3. The van der Waals surface area contributed by atoms with Crippen LogP contribution < -0.4 is 22.1 Å². The monoisotopic (exact) mass is 418 g/mol. The molecule has 1 saturated heterocycles. The van der Waals surface area contributed by atoms with E-state index in [0.717, 1.165) is 0 Å². The van der Waals surface area contributed by atoms with Gasteiger partial charge in [-0.05, 0) is 25.0 Å². The van der Waals surface area contributed by atoms with E-state index in [9.17, 15) is 13.2 Å². The van der Waals surface area contributed by atoms with Crippen LogP contribution in [-0.2, 0) is 0 Å². The minimum atomic E-state index is -4.43. The van der Waals surface area contributed by atoms with Crippen LogP contribution >= 0.6 is 23.4 Å². The van der Waals surface area contributed by atoms with Gasteiger partial charge in [0.2, 0.25) is 0 Å². The Labute approximate surface area is 163 Å². The summed E-state index contributed by atoms with van der Waals surface area (Å²) in [6.45, 7) is 0.245. The summed E-state index contributed by atoms with van der Waals surface area (Å²) >= 11 is 7.38. The van der Waals surface area contributed by atoms with Crippen molar-refractivity contribution in [3.8, 4) is 0 Å². The van der Waals surface area contributed by atoms with Gasteiger partial charge in [0.15, 0.2) is 5.82 Å². The maximum atomic E-state index is 13.0. The van der Waals surface area contributed by atoms with Crippen LogP contribution in [0.3, 0.4) is 0 Å². The van der Waals surface area contributed by atoms with Gasteiger partial charge in [-0.25, -0.2) is 9.97 Å². The molecule has 1 aromatic carbocycles. The Kier molecular flexibility index (Phi) is 5.33. The summed E-state index contributed by atoms with van der Waals surface area (Å²) in [6, 6.07) is 5.22. The highest BCUT2D eigenvalue weighted by Gasteiger charge is 2.53. The average molecular weight is 419 g/mol. The molecule has 0 spiro atoms. The van der Waals surface area contributed by atoms with Gasteiger partial charge < -0.3 is 22.1 Å². The maximum absolute atomic E-state index is 13.0. The van der Waals surface area contributed by atoms with Gasteiger partial charge in [-0.15, -0.1) is 0 Å². The molecule has 0 saturated carbocycles. The fraction of sp³-hybridized carbons (Fsp3) is 0.375. The number of hydrogen-bond acceptors (Lipinski definition) is 7. The predicted molar refractivity (Wildman–Crippen MR) is 101 cm³/mol. The normalized spacial score (nSPS) is 17.1. The SMILES string of the molecule is Nc1cccc(Sc2ncc(N3CCC(N)(C(F)(F)F)CC3)nc2N)c1Cl. The lowest BCUT2D eigenvalue weighted by Gasteiger charge is -2.40. The molecule has 0 unspecified atom stereocenters. The fourth-order valence-corrected chi connectivity index (χ4v) is 3.80. The van der Waals surface area contributed by atoms with Gasteiger partial charge in [0, 0.05) is 18.0 Å². The van der Waals surface area contributed by atoms with Gasteiger partial charge in [-0.3, -0.25) is 0 Å². The fourth-order valence-electron chi connectivity index (χ4n) is 2.74. The highest BCUT2D eigenvalue weighted by atomic mass is 35.5. The molecule has 1 aliphatic heterocycles. The van der Waals surface area contributed by atoms with Gasteiger partial charge in [-0.1, -0.05) is 29.4 Å². The predicted octanol–water partition coefficient (Wildman–Crippen LogP) is 3.31. The van der Waals surface area contributed by atoms with E-state index in [2.05, 4.69) is 9.97 Å². The van der Waals surface area contributed by atoms with Gasteiger partial charge in [0.05, 0.1) is 16.9 Å². The summed E-state index contributed by atoms with van der Waals surface area (Å²) in [5, 5.41) is 0.835. The molecule has 11 heteroatoms. The molecule has 3 rings (SSSR count). The second-order valence-electron chi connectivity index (χ2n) is 6.32. The minimum Gasteiger partial charge on any atom is -0.397 e. The average Bonchev–Trinajstić information content (AvgIpc) is 2.60. The Bertz CT molecular complexity index is 839. The number of halogens is 4. The lowest BCUT2D eigenvalue weighted by atomic mass is 9.88. The van der Waals surface area contributed by atoms with E-state index >= 15 is 0 Å². The number of rotatable bonds is 3. The lowest BCUT2D eigenvalue weighted by molar-refractivity contribution is -0.191. The van der Waals surface area contributed by atoms with Crippen LogP contribution in [0.2, 0.25) is 5.02 Å². The van der Waals surface area contributed by atoms with E-state index in [0.29, 0.717) is 26.4 Å². The van der Waals surface area contributed by atoms with Crippen LogP contribution in [0.1, 0.15) is 12.8 Å². The van der Waals surface area contributed by atoms with E-state index < -0.39 is 11.7 Å². The number of nitrogen functional groups attached to an aromatic ring is 2. The molecule has 2 heterocycles. The number of piperidine rings is 1. The molecule has 1 fully saturated rings. The number of benzene rings is 1. The number of anilines is 3. The summed E-state index contributed by atoms with van der Waals surface area (Å²) < 4.78 is 39.1. The molecule has 2 aromatic rings. The smallest absolute Gasteiger partial charge is 0.397 e. The van der Waals surface area contributed by atoms with Crippen LogP contribution in [0.25, 0.3) is 0 Å². The van der Waals surface area contributed by atoms with Crippen molar-refractivity contribution in [3.05, 3.63) is 29.4 Å². The zero-order valence-electron chi connectivity index (χ0n) is 14.1. The molecule has 27 heavy (non-hydrogen) atoms. The van der Waals surface area contributed by atoms with E-state index in [1.165, 1.54) is 18.0 Å². The molecule has 1 aromatic heterocycles. The summed E-state index contributed by atoms with van der Waals surface area (Å²) in [6.07, 6.45) is -3.38. The zero-order chi connectivity index (χ0) is 19.8. The standard InChI is InChI=1S/C16H18ClF3N6S/c17-12-9(21)2-1-3-10(12)27-14-13(22)25-11(8-24-14)26-6-4-15(23,5-7-26)16(18,19)20/h1-3,8H,4-7,21,23H2,(H2,22,25). The minimum absolute atomic E-state index is 0.123. The van der Waals surface area contributed by atoms with Gasteiger partial charge >= 0.3 is 6.18 Å². The summed E-state index contributed by atoms with van der Waals surface area (Å²) in [7, 11) is 0. The Hall–Kier alpha value is -1.91. The molecule has 0 amide bonds. The molecule has 6 N–H and O–H groups in total. The van der Waals surface area contributed by atoms with Crippen LogP contribution in [0.4, 0.5) is 30.5 Å². The van der Waals surface area contributed by atoms with Crippen LogP contribution in [-0.4, -0.2) is 34.8 Å². The van der Waals surface area contributed by atoms with Crippen molar-refractivity contribution in [2.24, 2.45) is 5.73 Å². The molecule has 6 nitrogen and oxygen atoms in total. The Morgan fingerprint density at radius 3 is 2.44 bits per heavy atom. The van der Waals surface area contributed by atoms with E-state index in [1.54, 1.807) is 23.1 Å². The highest BCUT2D eigenvalue weighted by Crippen LogP contribution is 2.39. The largest absolute Gasteiger partial charge is 0.406 e. The Balaban J connectivity index is 1.73. The molecular weight excluding hydrogens is 401 g/mol. The van der Waals surface area contributed by atoms with Crippen molar-refractivity contribution < 1.29 is 13.2 Å². The first-order valence-corrected chi connectivity index (χ1v) is 9.25. The van der Waals surface area contributed by atoms with Crippen molar-refractivity contribution in [3.63, 3.8) is 0 Å². The Morgan fingerprint density at radius 1 is 1.19 bits per heavy atom. The second kappa shape index (κ2) is 7.25. The van der Waals surface area contributed by atoms with Crippen LogP contribution in [0, 0.1) is 0 Å². The molecule has 146 valence electrons. The highest BCUT2D eigenvalue weighted by molar-refractivity contribution is 7.99. The summed E-state index contributed by atoms with van der Waals surface area (Å²) in [4.78, 5) is 10.9. The van der Waals surface area contributed by atoms with Crippen LogP contribution in [0.5, 0.6) is 0 Å². The van der Waals surface area contributed by atoms with Crippen molar-refractivity contribution >= 4 is 40.7 Å². The number of nitrogens with two attached hydrogens (primary N) is 3. The van der Waals surface area contributed by atoms with E-state index in [1.807, 2.05) is 0 Å². The quantitative estimate of drug-likeness (QED) is 0.656. The topological polar surface area (TPSA) is 107 Å². The van der Waals surface area contributed by atoms with Crippen LogP contribution in [0.15, 0.2) is 34.3 Å². The van der Waals surface area contributed by atoms with Crippen molar-refractivity contribution in [1.29, 1.82) is 0 Å². The lowest BCUT2D eigenvalue weighted by Crippen LogP contribution is -2.59. The number of hydrogen-bond donors (Lipinski definition) is 3. The molecule has 0 bridgehead atoms. The molecule has 1 aliphatic rings. The first-order valence-electron chi connectivity index (χ1n) is 8.06. The van der Waals surface area contributed by atoms with E-state index in [4.69, 9.17) is 28.8 Å². The molecular formula is C16H18ClF3N6S. The number of aromatic nitrogens is 2. The third-order valence-electron chi connectivity index (χ3n) is 4.50. The second-order valence-corrected chi connectivity index (χ2v) is 7.73. The first kappa shape index (κ1) is 19.8. The third-order valence-corrected chi connectivity index (χ3v) is 6.10. The Morgan fingerprint density at radius 2 is 1.85 bits per heavy atom. The van der Waals surface area contributed by atoms with Gasteiger partial charge in [-0.2, -0.15) is 13.2 Å². The van der Waals surface area contributed by atoms with Gasteiger partial charge in [0.1, 0.15) is 16.4 Å². The van der Waals surface area contributed by atoms with Gasteiger partial charge in [0.25, 0.3) is 0 Å². The molecule has 0 atom stereocenters. The van der Waals surface area contributed by atoms with Crippen molar-refractivity contribution in [2.45, 2.75) is 34.5 Å². The van der Waals surface area contributed by atoms with Crippen molar-refractivity contribution in [2.75, 3.05) is 29.5 Å². The summed E-state index contributed by atoms with van der Waals surface area (Å²) in [5.41, 5.74) is 15.5. The molecule has 0 radical (unpaired) electrons. The third kappa shape index (κ3) is 4.02. The zero-order valence-corrected chi connectivity index (χ0v) is 15.7. The molecule has 0 aliphatic carbocycles. The number of nitrogens with zero attached hydrogens (tertiary/aromatic N) is 3. The van der Waals surface area contributed by atoms with Crippen molar-refractivity contribution in [1.82, 2.24) is 9.97 Å². The van der Waals surface area contributed by atoms with E-state index in [-0.39, 0.29) is 31.7 Å². The summed E-state index contributed by atoms with van der Waals surface area (Å²) in [5.74, 6) is 0.580. The first-order chi connectivity index (χ1) is 12.6.